The Bertz CT molecular complexity index is 805. The molecule has 2 N–H and O–H groups in total. The number of aromatic nitrogens is 2. The fourth-order valence-corrected chi connectivity index (χ4v) is 3.92. The van der Waals surface area contributed by atoms with Gasteiger partial charge in [-0.25, -0.2) is 9.97 Å². The molecule has 1 aliphatic heterocycles. The Hall–Kier alpha value is -2.32. The number of hydrogen-bond acceptors (Lipinski definition) is 8. The van der Waals surface area contributed by atoms with Crippen molar-refractivity contribution < 1.29 is 9.53 Å². The lowest BCUT2D eigenvalue weighted by Gasteiger charge is -2.28. The zero-order chi connectivity index (χ0) is 23.4. The van der Waals surface area contributed by atoms with Crippen molar-refractivity contribution in [3.63, 3.8) is 0 Å². The standard InChI is InChI=1S/C19H27N5S.C5H10O2/c1-3-25-17-6-4-16(5-7-17)23-18-12-19(22-14-21-18)24(2)13-15-8-10-20-11-9-15;1-5(2,3)7-4-6/h4-7,12,14-15,20H,3,8-11,13H2,1-2H3,(H,21,22,23);4H,1-3H3. The van der Waals surface area contributed by atoms with Crippen molar-refractivity contribution >= 4 is 35.6 Å². The summed E-state index contributed by atoms with van der Waals surface area (Å²) in [5.41, 5.74) is 0.730. The number of carbonyl (C=O) groups is 1. The molecule has 0 atom stereocenters. The fourth-order valence-electron chi connectivity index (χ4n) is 3.26. The Morgan fingerprint density at radius 3 is 2.47 bits per heavy atom. The largest absolute Gasteiger partial charge is 0.462 e. The van der Waals surface area contributed by atoms with Crippen LogP contribution in [0.2, 0.25) is 0 Å². The van der Waals surface area contributed by atoms with Crippen molar-refractivity contribution in [3.05, 3.63) is 36.7 Å². The SMILES string of the molecule is CC(C)(C)OC=O.CCSc1ccc(Nc2cc(N(C)CC3CCNCC3)ncn2)cc1. The normalized spacial score (nSPS) is 14.2. The van der Waals surface area contributed by atoms with Gasteiger partial charge in [0.05, 0.1) is 0 Å². The predicted molar refractivity (Wildman–Crippen MR) is 134 cm³/mol. The van der Waals surface area contributed by atoms with E-state index in [2.05, 4.69) is 68.5 Å². The van der Waals surface area contributed by atoms with Crippen molar-refractivity contribution in [2.24, 2.45) is 5.92 Å². The Morgan fingerprint density at radius 1 is 1.22 bits per heavy atom. The first-order chi connectivity index (χ1) is 15.3. The fraction of sp³-hybridized carbons (Fsp3) is 0.542. The van der Waals surface area contributed by atoms with E-state index in [1.54, 1.807) is 6.33 Å². The molecule has 1 fully saturated rings. The molecule has 8 heteroatoms. The van der Waals surface area contributed by atoms with E-state index < -0.39 is 0 Å². The van der Waals surface area contributed by atoms with Gasteiger partial charge in [-0.05, 0) is 82.6 Å². The van der Waals surface area contributed by atoms with Crippen LogP contribution in [-0.2, 0) is 9.53 Å². The van der Waals surface area contributed by atoms with Gasteiger partial charge in [-0.1, -0.05) is 6.92 Å². The summed E-state index contributed by atoms with van der Waals surface area (Å²) in [6.45, 7) is 11.4. The minimum atomic E-state index is -0.318. The number of ether oxygens (including phenoxy) is 1. The summed E-state index contributed by atoms with van der Waals surface area (Å²) in [5.74, 6) is 3.62. The smallest absolute Gasteiger partial charge is 0.293 e. The van der Waals surface area contributed by atoms with E-state index >= 15 is 0 Å². The van der Waals surface area contributed by atoms with Gasteiger partial charge in [0.15, 0.2) is 0 Å². The van der Waals surface area contributed by atoms with E-state index in [0.29, 0.717) is 6.47 Å². The number of rotatable bonds is 8. The molecule has 0 aliphatic carbocycles. The second-order valence-electron chi connectivity index (χ2n) is 8.74. The zero-order valence-corrected chi connectivity index (χ0v) is 20.7. The Morgan fingerprint density at radius 2 is 1.91 bits per heavy atom. The van der Waals surface area contributed by atoms with E-state index in [0.717, 1.165) is 48.6 Å². The number of carbonyl (C=O) groups excluding carboxylic acids is 1. The molecule has 176 valence electrons. The molecule has 0 saturated carbocycles. The van der Waals surface area contributed by atoms with Crippen molar-refractivity contribution in [2.45, 2.75) is 51.0 Å². The quantitative estimate of drug-likeness (QED) is 0.433. The summed E-state index contributed by atoms with van der Waals surface area (Å²) >= 11 is 1.85. The number of thioether (sulfide) groups is 1. The van der Waals surface area contributed by atoms with Crippen LogP contribution in [0, 0.1) is 5.92 Å². The van der Waals surface area contributed by atoms with Crippen LogP contribution < -0.4 is 15.5 Å². The molecule has 3 rings (SSSR count). The molecule has 2 heterocycles. The molecule has 0 radical (unpaired) electrons. The molecule has 1 aromatic carbocycles. The van der Waals surface area contributed by atoms with Crippen LogP contribution in [0.3, 0.4) is 0 Å². The highest BCUT2D eigenvalue weighted by molar-refractivity contribution is 7.99. The van der Waals surface area contributed by atoms with Crippen LogP contribution in [-0.4, -0.2) is 54.5 Å². The molecule has 1 saturated heterocycles. The van der Waals surface area contributed by atoms with Crippen molar-refractivity contribution in [1.29, 1.82) is 0 Å². The summed E-state index contributed by atoms with van der Waals surface area (Å²) < 4.78 is 4.55. The number of anilines is 3. The average molecular weight is 460 g/mol. The van der Waals surface area contributed by atoms with Crippen LogP contribution in [0.15, 0.2) is 41.6 Å². The molecule has 0 bridgehead atoms. The molecule has 0 amide bonds. The summed E-state index contributed by atoms with van der Waals surface area (Å²) in [6, 6.07) is 10.5. The van der Waals surface area contributed by atoms with Crippen molar-refractivity contribution in [1.82, 2.24) is 15.3 Å². The summed E-state index contributed by atoms with van der Waals surface area (Å²) in [4.78, 5) is 21.9. The first kappa shape index (κ1) is 25.9. The third kappa shape index (κ3) is 9.87. The Labute approximate surface area is 196 Å². The van der Waals surface area contributed by atoms with E-state index in [9.17, 15) is 4.79 Å². The monoisotopic (exact) mass is 459 g/mol. The summed E-state index contributed by atoms with van der Waals surface area (Å²) in [7, 11) is 2.12. The predicted octanol–water partition coefficient (Wildman–Crippen LogP) is 4.73. The average Bonchev–Trinajstić information content (AvgIpc) is 2.76. The minimum Gasteiger partial charge on any atom is -0.462 e. The van der Waals surface area contributed by atoms with Crippen LogP contribution in [0.5, 0.6) is 0 Å². The molecule has 2 aromatic rings. The highest BCUT2D eigenvalue weighted by Gasteiger charge is 2.16. The number of nitrogens with one attached hydrogen (secondary N) is 2. The van der Waals surface area contributed by atoms with Gasteiger partial charge in [-0.2, -0.15) is 0 Å². The van der Waals surface area contributed by atoms with Gasteiger partial charge in [-0.3, -0.25) is 4.79 Å². The number of benzene rings is 1. The molecular formula is C24H37N5O2S. The topological polar surface area (TPSA) is 79.4 Å². The minimum absolute atomic E-state index is 0.318. The maximum absolute atomic E-state index is 9.60. The molecule has 7 nitrogen and oxygen atoms in total. The van der Waals surface area contributed by atoms with Gasteiger partial charge in [0.2, 0.25) is 0 Å². The van der Waals surface area contributed by atoms with E-state index in [4.69, 9.17) is 0 Å². The lowest BCUT2D eigenvalue weighted by atomic mass is 9.98. The Balaban J connectivity index is 0.000000451. The van der Waals surface area contributed by atoms with Crippen molar-refractivity contribution in [3.8, 4) is 0 Å². The second kappa shape index (κ2) is 13.3. The van der Waals surface area contributed by atoms with Crippen LogP contribution in [0.4, 0.5) is 17.3 Å². The molecule has 32 heavy (non-hydrogen) atoms. The molecular weight excluding hydrogens is 422 g/mol. The lowest BCUT2D eigenvalue weighted by molar-refractivity contribution is -0.138. The molecule has 1 aromatic heterocycles. The lowest BCUT2D eigenvalue weighted by Crippen LogP contribution is -2.34. The van der Waals surface area contributed by atoms with Crippen LogP contribution in [0.25, 0.3) is 0 Å². The first-order valence-electron chi connectivity index (χ1n) is 11.2. The van der Waals surface area contributed by atoms with Gasteiger partial charge >= 0.3 is 0 Å². The zero-order valence-electron chi connectivity index (χ0n) is 19.9. The molecule has 0 spiro atoms. The maximum atomic E-state index is 9.60. The van der Waals surface area contributed by atoms with Crippen LogP contribution in [0.1, 0.15) is 40.5 Å². The van der Waals surface area contributed by atoms with Gasteiger partial charge in [0.1, 0.15) is 23.6 Å². The highest BCUT2D eigenvalue weighted by Crippen LogP contribution is 2.23. The summed E-state index contributed by atoms with van der Waals surface area (Å²) in [5, 5.41) is 6.80. The van der Waals surface area contributed by atoms with Gasteiger partial charge in [0, 0.05) is 30.2 Å². The van der Waals surface area contributed by atoms with E-state index in [1.807, 2.05) is 38.6 Å². The molecule has 1 aliphatic rings. The van der Waals surface area contributed by atoms with Gasteiger partial charge in [0.25, 0.3) is 6.47 Å². The first-order valence-corrected chi connectivity index (χ1v) is 12.1. The third-order valence-electron chi connectivity index (χ3n) is 4.87. The number of hydrogen-bond donors (Lipinski definition) is 2. The number of nitrogens with zero attached hydrogens (tertiary/aromatic N) is 3. The summed E-state index contributed by atoms with van der Waals surface area (Å²) in [6.07, 6.45) is 4.11. The maximum Gasteiger partial charge on any atom is 0.293 e. The third-order valence-corrected chi connectivity index (χ3v) is 5.77. The van der Waals surface area contributed by atoms with Gasteiger partial charge in [-0.15, -0.1) is 11.8 Å². The molecule has 0 unspecified atom stereocenters. The highest BCUT2D eigenvalue weighted by atomic mass is 32.2. The van der Waals surface area contributed by atoms with E-state index in [-0.39, 0.29) is 5.60 Å². The Kier molecular flexibility index (Phi) is 10.8. The van der Waals surface area contributed by atoms with Crippen molar-refractivity contribution in [2.75, 3.05) is 42.7 Å². The van der Waals surface area contributed by atoms with Crippen LogP contribution >= 0.6 is 11.8 Å². The van der Waals surface area contributed by atoms with Gasteiger partial charge < -0.3 is 20.3 Å². The second-order valence-corrected chi connectivity index (χ2v) is 10.1. The van der Waals surface area contributed by atoms with E-state index in [1.165, 1.54) is 17.7 Å². The number of piperidine rings is 1.